The Balaban J connectivity index is 2.00. The van der Waals surface area contributed by atoms with Crippen LogP contribution in [0.15, 0.2) is 41.5 Å². The van der Waals surface area contributed by atoms with Gasteiger partial charge in [-0.2, -0.15) is 5.26 Å². The van der Waals surface area contributed by atoms with Crippen LogP contribution < -0.4 is 11.4 Å². The molecule has 120 valence electrons. The first-order chi connectivity index (χ1) is 11.7. The van der Waals surface area contributed by atoms with E-state index < -0.39 is 0 Å². The Hall–Kier alpha value is -3.34. The summed E-state index contributed by atoms with van der Waals surface area (Å²) < 4.78 is 3.18. The fraction of sp³-hybridized carbons (Fsp3) is 0.250. The lowest BCUT2D eigenvalue weighted by Crippen LogP contribution is -2.28. The average molecular weight is 321 g/mol. The summed E-state index contributed by atoms with van der Waals surface area (Å²) >= 11 is 0. The summed E-state index contributed by atoms with van der Waals surface area (Å²) in [4.78, 5) is 23.1. The number of nitrogen functional groups attached to an aromatic ring is 1. The lowest BCUT2D eigenvalue weighted by atomic mass is 10.2. The molecule has 4 rings (SSSR count). The highest BCUT2D eigenvalue weighted by Crippen LogP contribution is 2.26. The monoisotopic (exact) mass is 321 g/mol. The van der Waals surface area contributed by atoms with E-state index in [-0.39, 0.29) is 17.5 Å². The van der Waals surface area contributed by atoms with Crippen molar-refractivity contribution in [3.63, 3.8) is 0 Å². The largest absolute Gasteiger partial charge is 0.382 e. The van der Waals surface area contributed by atoms with Gasteiger partial charge in [0.2, 0.25) is 0 Å². The van der Waals surface area contributed by atoms with E-state index in [0.29, 0.717) is 36.4 Å². The Morgan fingerprint density at radius 1 is 1.25 bits per heavy atom. The SMILES string of the molecule is N#CN1CCC(n2c(=O)n(-c3ccccc3)c3c(N)ncnc32)C1. The molecule has 0 bridgehead atoms. The molecule has 2 N–H and O–H groups in total. The summed E-state index contributed by atoms with van der Waals surface area (Å²) in [6, 6.07) is 9.17. The number of rotatable bonds is 2. The van der Waals surface area contributed by atoms with Crippen LogP contribution in [0.1, 0.15) is 12.5 Å². The molecule has 2 aromatic heterocycles. The van der Waals surface area contributed by atoms with E-state index in [1.165, 1.54) is 6.33 Å². The van der Waals surface area contributed by atoms with E-state index in [1.807, 2.05) is 30.3 Å². The number of anilines is 1. The number of nitrogens with two attached hydrogens (primary N) is 1. The highest BCUT2D eigenvalue weighted by atomic mass is 16.2. The lowest BCUT2D eigenvalue weighted by molar-refractivity contribution is 0.445. The number of fused-ring (bicyclic) bond motifs is 1. The first-order valence-corrected chi connectivity index (χ1v) is 7.64. The molecule has 8 heteroatoms. The summed E-state index contributed by atoms with van der Waals surface area (Å²) in [6.07, 6.45) is 4.21. The molecule has 0 spiro atoms. The van der Waals surface area contributed by atoms with Crippen molar-refractivity contribution in [3.8, 4) is 11.9 Å². The topological polar surface area (TPSA) is 106 Å². The number of hydrogen-bond donors (Lipinski definition) is 1. The van der Waals surface area contributed by atoms with Gasteiger partial charge in [-0.3, -0.25) is 9.13 Å². The number of aromatic nitrogens is 4. The standard InChI is InChI=1S/C16H15N7O/c17-9-21-7-6-12(8-21)23-15-13(14(18)19-10-20-15)22(16(23)24)11-4-2-1-3-5-11/h1-5,10,12H,6-8H2,(H2,18,19,20). The molecule has 1 aliphatic heterocycles. The highest BCUT2D eigenvalue weighted by Gasteiger charge is 2.29. The molecule has 0 saturated carbocycles. The van der Waals surface area contributed by atoms with Crippen LogP contribution in [-0.2, 0) is 0 Å². The summed E-state index contributed by atoms with van der Waals surface area (Å²) in [5, 5.41) is 9.08. The third-order valence-corrected chi connectivity index (χ3v) is 4.36. The van der Waals surface area contributed by atoms with E-state index in [4.69, 9.17) is 11.0 Å². The summed E-state index contributed by atoms with van der Waals surface area (Å²) in [6.45, 7) is 1.13. The van der Waals surface area contributed by atoms with Crippen LogP contribution in [0.25, 0.3) is 16.9 Å². The zero-order valence-electron chi connectivity index (χ0n) is 12.8. The van der Waals surface area contributed by atoms with E-state index >= 15 is 0 Å². The lowest BCUT2D eigenvalue weighted by Gasteiger charge is -2.10. The number of imidazole rings is 1. The van der Waals surface area contributed by atoms with Crippen molar-refractivity contribution in [2.75, 3.05) is 18.8 Å². The zero-order valence-corrected chi connectivity index (χ0v) is 12.8. The van der Waals surface area contributed by atoms with Crippen LogP contribution in [0, 0.1) is 11.5 Å². The van der Waals surface area contributed by atoms with Crippen molar-refractivity contribution < 1.29 is 0 Å². The second-order valence-corrected chi connectivity index (χ2v) is 5.74. The Kier molecular flexibility index (Phi) is 3.20. The van der Waals surface area contributed by atoms with Crippen molar-refractivity contribution in [1.29, 1.82) is 5.26 Å². The van der Waals surface area contributed by atoms with Crippen molar-refractivity contribution >= 4 is 17.0 Å². The predicted molar refractivity (Wildman–Crippen MR) is 88.4 cm³/mol. The molecule has 1 atom stereocenters. The van der Waals surface area contributed by atoms with Gasteiger partial charge in [0.15, 0.2) is 17.7 Å². The molecule has 1 aliphatic rings. The van der Waals surface area contributed by atoms with Crippen molar-refractivity contribution in [2.45, 2.75) is 12.5 Å². The first kappa shape index (κ1) is 14.3. The van der Waals surface area contributed by atoms with Crippen LogP contribution in [0.4, 0.5) is 5.82 Å². The quantitative estimate of drug-likeness (QED) is 0.703. The minimum atomic E-state index is -0.215. The summed E-state index contributed by atoms with van der Waals surface area (Å²) in [5.74, 6) is 0.259. The second-order valence-electron chi connectivity index (χ2n) is 5.74. The van der Waals surface area contributed by atoms with Gasteiger partial charge >= 0.3 is 5.69 Å². The van der Waals surface area contributed by atoms with Gasteiger partial charge in [0.1, 0.15) is 11.8 Å². The maximum absolute atomic E-state index is 13.1. The molecule has 3 heterocycles. The third-order valence-electron chi connectivity index (χ3n) is 4.36. The van der Waals surface area contributed by atoms with E-state index in [0.717, 1.165) is 0 Å². The first-order valence-electron chi connectivity index (χ1n) is 7.64. The average Bonchev–Trinajstić information content (AvgIpc) is 3.18. The molecule has 1 aromatic carbocycles. The van der Waals surface area contributed by atoms with Gasteiger partial charge in [-0.1, -0.05) is 18.2 Å². The maximum Gasteiger partial charge on any atom is 0.335 e. The molecule has 24 heavy (non-hydrogen) atoms. The van der Waals surface area contributed by atoms with Crippen molar-refractivity contribution in [2.24, 2.45) is 0 Å². The van der Waals surface area contributed by atoms with Crippen LogP contribution in [0.5, 0.6) is 0 Å². The van der Waals surface area contributed by atoms with Crippen LogP contribution in [0.2, 0.25) is 0 Å². The van der Waals surface area contributed by atoms with E-state index in [1.54, 1.807) is 14.0 Å². The molecule has 0 aliphatic carbocycles. The molecule has 1 saturated heterocycles. The minimum absolute atomic E-state index is 0.112. The number of hydrogen-bond acceptors (Lipinski definition) is 6. The molecule has 1 unspecified atom stereocenters. The van der Waals surface area contributed by atoms with Gasteiger partial charge in [0.05, 0.1) is 11.7 Å². The molecule has 0 amide bonds. The van der Waals surface area contributed by atoms with Crippen LogP contribution in [-0.4, -0.2) is 37.1 Å². The fourth-order valence-electron chi connectivity index (χ4n) is 3.26. The summed E-state index contributed by atoms with van der Waals surface area (Å²) in [7, 11) is 0. The Morgan fingerprint density at radius 3 is 2.75 bits per heavy atom. The molecular formula is C16H15N7O. The van der Waals surface area contributed by atoms with Crippen LogP contribution in [0.3, 0.4) is 0 Å². The third kappa shape index (κ3) is 2.02. The number of nitriles is 1. The molecule has 3 aromatic rings. The van der Waals surface area contributed by atoms with Crippen molar-refractivity contribution in [1.82, 2.24) is 24.0 Å². The maximum atomic E-state index is 13.1. The highest BCUT2D eigenvalue weighted by molar-refractivity contribution is 5.84. The number of benzene rings is 1. The van der Waals surface area contributed by atoms with Gasteiger partial charge in [-0.15, -0.1) is 0 Å². The second kappa shape index (κ2) is 5.38. The minimum Gasteiger partial charge on any atom is -0.382 e. The number of likely N-dealkylation sites (tertiary alicyclic amines) is 1. The Morgan fingerprint density at radius 2 is 2.04 bits per heavy atom. The van der Waals surface area contributed by atoms with Gasteiger partial charge in [-0.25, -0.2) is 14.8 Å². The van der Waals surface area contributed by atoms with Gasteiger partial charge < -0.3 is 10.6 Å². The normalized spacial score (nSPS) is 17.3. The van der Waals surface area contributed by atoms with E-state index in [9.17, 15) is 4.79 Å². The Bertz CT molecular complexity index is 999. The molecule has 0 radical (unpaired) electrons. The fourth-order valence-corrected chi connectivity index (χ4v) is 3.26. The number of nitrogens with zero attached hydrogens (tertiary/aromatic N) is 6. The van der Waals surface area contributed by atoms with E-state index in [2.05, 4.69) is 16.2 Å². The van der Waals surface area contributed by atoms with Gasteiger partial charge in [0.25, 0.3) is 0 Å². The van der Waals surface area contributed by atoms with Crippen molar-refractivity contribution in [3.05, 3.63) is 47.1 Å². The zero-order chi connectivity index (χ0) is 16.7. The Labute approximate surface area is 137 Å². The van der Waals surface area contributed by atoms with Gasteiger partial charge in [0, 0.05) is 13.1 Å². The molecular weight excluding hydrogens is 306 g/mol. The molecule has 1 fully saturated rings. The predicted octanol–water partition coefficient (Wildman–Crippen LogP) is 0.892. The number of para-hydroxylation sites is 1. The van der Waals surface area contributed by atoms with Gasteiger partial charge in [-0.05, 0) is 18.6 Å². The molecule has 8 nitrogen and oxygen atoms in total. The smallest absolute Gasteiger partial charge is 0.335 e. The summed E-state index contributed by atoms with van der Waals surface area (Å²) in [5.41, 5.74) is 7.54. The van der Waals surface area contributed by atoms with Crippen LogP contribution >= 0.6 is 0 Å².